The second kappa shape index (κ2) is 100. The molecule has 0 saturated carbocycles. The second-order valence-electron chi connectivity index (χ2n) is 41.3. The van der Waals surface area contributed by atoms with E-state index in [9.17, 15) is 9.90 Å². The average Bonchev–Trinajstić information content (AvgIpc) is 1.61. The molecule has 0 aliphatic heterocycles. The van der Waals surface area contributed by atoms with Crippen molar-refractivity contribution in [3.63, 3.8) is 0 Å². The summed E-state index contributed by atoms with van der Waals surface area (Å²) in [6.45, 7) is 32.3. The number of nitrogens with zero attached hydrogens (tertiary/aromatic N) is 20. The highest BCUT2D eigenvalue weighted by Crippen LogP contribution is 2.29. The lowest BCUT2D eigenvalue weighted by Crippen LogP contribution is -2.40. The van der Waals surface area contributed by atoms with Crippen LogP contribution in [0.5, 0.6) is 0 Å². The molecule has 0 aliphatic rings. The monoisotopic (exact) mass is 1900 g/mol. The summed E-state index contributed by atoms with van der Waals surface area (Å²) in [5.41, 5.74) is -0.832. The molecule has 0 amide bonds. The summed E-state index contributed by atoms with van der Waals surface area (Å²) in [4.78, 5) is 11.3. The zero-order valence-electron chi connectivity index (χ0n) is 91.8. The number of ether oxygens (including phenoxy) is 1. The van der Waals surface area contributed by atoms with E-state index in [1.807, 2.05) is 37.3 Å². The molecule has 0 bridgehead atoms. The molecule has 0 aliphatic carbocycles. The van der Waals surface area contributed by atoms with Crippen LogP contribution in [-0.2, 0) is 27.2 Å². The number of carboxylic acid groups (broad SMARTS) is 1. The van der Waals surface area contributed by atoms with Crippen LogP contribution < -0.4 is 0 Å². The summed E-state index contributed by atoms with van der Waals surface area (Å²) in [5, 5.41) is 66.4. The van der Waals surface area contributed by atoms with Gasteiger partial charge in [0, 0.05) is 13.2 Å². The fourth-order valence-electron chi connectivity index (χ4n) is 18.3. The molecular weight excluding hydrogens is 1670 g/mol. The second-order valence-corrected chi connectivity index (χ2v) is 41.3. The van der Waals surface area contributed by atoms with Crippen LogP contribution in [0.25, 0.3) is 0 Å². The van der Waals surface area contributed by atoms with E-state index in [1.165, 1.54) is 501 Å². The Labute approximate surface area is 833 Å². The number of aromatic nitrogens is 20. The molecule has 0 spiro atoms. The number of hydrogen-bond acceptors (Lipinski definition) is 17. The first-order chi connectivity index (χ1) is 66.2. The summed E-state index contributed by atoms with van der Waals surface area (Å²) >= 11 is 0. The van der Waals surface area contributed by atoms with Gasteiger partial charge in [-0.1, -0.05) is 551 Å². The van der Waals surface area contributed by atoms with Crippen molar-refractivity contribution in [3.8, 4) is 0 Å². The minimum absolute atomic E-state index is 0.0429. The Balaban J connectivity index is 0.00000160. The van der Waals surface area contributed by atoms with Gasteiger partial charge in [-0.05, 0) is 144 Å². The van der Waals surface area contributed by atoms with Gasteiger partial charge in [0.15, 0.2) is 5.60 Å². The predicted molar refractivity (Wildman–Crippen MR) is 571 cm³/mol. The van der Waals surface area contributed by atoms with E-state index < -0.39 is 11.6 Å². The van der Waals surface area contributed by atoms with E-state index in [2.05, 4.69) is 161 Å². The molecule has 0 radical (unpaired) electrons. The molecule has 3 atom stereocenters. The van der Waals surface area contributed by atoms with Gasteiger partial charge in [-0.3, -0.25) is 0 Å². The van der Waals surface area contributed by atoms with Gasteiger partial charge in [-0.25, -0.2) is 28.2 Å². The van der Waals surface area contributed by atoms with Crippen LogP contribution in [0.3, 0.4) is 0 Å². The van der Waals surface area contributed by atoms with E-state index in [-0.39, 0.29) is 11.1 Å². The lowest BCUT2D eigenvalue weighted by Gasteiger charge is -2.27. The zero-order valence-corrected chi connectivity index (χ0v) is 91.8. The van der Waals surface area contributed by atoms with E-state index in [4.69, 9.17) is 4.74 Å². The maximum Gasteiger partial charge on any atom is 0.335 e. The smallest absolute Gasteiger partial charge is 0.335 e. The van der Waals surface area contributed by atoms with Crippen molar-refractivity contribution >= 4 is 5.97 Å². The van der Waals surface area contributed by atoms with Crippen molar-refractivity contribution in [2.24, 2.45) is 0 Å². The first-order valence-corrected chi connectivity index (χ1v) is 58.7. The number of hydrogen-bond donors (Lipinski definition) is 1. The highest BCUT2D eigenvalue weighted by molar-refractivity contribution is 5.77. The average molecular weight is 1900 g/mol. The SMILES string of the molecule is CCCCCCCCCCCCCCCC(C)(C)n1cnnn1.CCCCCCCCCCCCCCCC(C)(CC)n1cnnn1.CCCCCCCCCCCCCCCC(C)n1cnnn1.CCCCCCCCCCCCCCCC(CC)n1cnnn1.CCCCCCCCCCCCCCCCn1cnnn1.CCCCCCCCCCCCCOC(CC)(CC)C(=O)O. The summed E-state index contributed by atoms with van der Waals surface area (Å²) in [6.07, 6.45) is 124. The number of tetrazole rings is 5. The Bertz CT molecular complexity index is 2990. The van der Waals surface area contributed by atoms with Crippen LogP contribution >= 0.6 is 0 Å². The Morgan fingerprint density at radius 3 is 0.830 bits per heavy atom. The summed E-state index contributed by atoms with van der Waals surface area (Å²) in [7, 11) is 0. The first-order valence-electron chi connectivity index (χ1n) is 58.7. The van der Waals surface area contributed by atoms with Gasteiger partial charge in [0.25, 0.3) is 0 Å². The van der Waals surface area contributed by atoms with Crippen molar-refractivity contribution in [2.45, 2.75) is 678 Å². The largest absolute Gasteiger partial charge is 0.479 e. The highest BCUT2D eigenvalue weighted by atomic mass is 16.5. The molecular formula is C112H224N20O3. The maximum atomic E-state index is 11.3. The van der Waals surface area contributed by atoms with Crippen LogP contribution in [0.2, 0.25) is 0 Å². The van der Waals surface area contributed by atoms with E-state index >= 15 is 0 Å². The molecule has 5 rings (SSSR count). The van der Waals surface area contributed by atoms with Crippen LogP contribution in [-0.4, -0.2) is 124 Å². The molecule has 1 N–H and O–H groups in total. The number of aliphatic carboxylic acids is 1. The number of carbonyl (C=O) groups is 1. The quantitative estimate of drug-likeness (QED) is 0.0355. The number of unbranched alkanes of at least 4 members (excludes halogenated alkanes) is 71. The lowest BCUT2D eigenvalue weighted by atomic mass is 9.91. The van der Waals surface area contributed by atoms with Crippen molar-refractivity contribution in [1.82, 2.24) is 101 Å². The van der Waals surface area contributed by atoms with Gasteiger partial charge in [0.2, 0.25) is 0 Å². The van der Waals surface area contributed by atoms with E-state index in [0.717, 1.165) is 38.6 Å². The minimum Gasteiger partial charge on any atom is -0.479 e. The van der Waals surface area contributed by atoms with E-state index in [0.29, 0.717) is 31.5 Å². The van der Waals surface area contributed by atoms with Crippen molar-refractivity contribution in [1.29, 1.82) is 0 Å². The normalized spacial score (nSPS) is 12.4. The van der Waals surface area contributed by atoms with Crippen LogP contribution in [0.4, 0.5) is 0 Å². The molecule has 23 nitrogen and oxygen atoms in total. The third kappa shape index (κ3) is 81.1. The molecule has 23 heteroatoms. The van der Waals surface area contributed by atoms with Crippen molar-refractivity contribution in [2.75, 3.05) is 6.61 Å². The van der Waals surface area contributed by atoms with Gasteiger partial charge < -0.3 is 9.84 Å². The summed E-state index contributed by atoms with van der Waals surface area (Å²) in [5.74, 6) is -0.819. The standard InChI is InChI=1S/C20H40N4.2C19H38N4.C19H38O3.C18H36N4.C17H34N4/c1-4-6-7-8-9-10-11-12-13-14-15-16-17-18-20(3,5-2)24-19-21-22-23-24;1-4-5-6-7-8-9-10-11-12-13-14-15-16-17-19(2,3)23-18-20-21-22-23;1-3-5-6-7-8-9-10-11-12-13-14-15-16-17-19(4-2)23-18-20-21-22-23;1-4-7-8-9-10-11-12-13-14-15-16-17-22-19(5-2,6-3)18(20)21;1-3-4-5-6-7-8-9-10-11-12-13-14-15-16-18(2)22-17-19-20-21-22;1-2-3-4-5-6-7-8-9-10-11-12-13-14-15-16-21-17-18-19-20-21/h19H,4-18H2,1-3H3;18H,4-17H2,1-3H3;18-19H,3-17H2,1-2H3;4-17H2,1-3H3,(H,20,21);17-18H,3-16H2,1-2H3;17H,2-16H2,1H3. The summed E-state index contributed by atoms with van der Waals surface area (Å²) < 4.78 is 15.1. The first kappa shape index (κ1) is 130. The third-order valence-corrected chi connectivity index (χ3v) is 28.5. The predicted octanol–water partition coefficient (Wildman–Crippen LogP) is 35.1. The fraction of sp³-hybridized carbons (Fsp3) is 0.946. The van der Waals surface area contributed by atoms with Crippen LogP contribution in [0.15, 0.2) is 31.6 Å². The molecule has 5 heterocycles. The fourth-order valence-corrected chi connectivity index (χ4v) is 18.3. The molecule has 5 aromatic rings. The summed E-state index contributed by atoms with van der Waals surface area (Å²) in [6, 6.07) is 0.917. The Kier molecular flexibility index (Phi) is 96.4. The lowest BCUT2D eigenvalue weighted by molar-refractivity contribution is -0.167. The number of aryl methyl sites for hydroxylation is 1. The molecule has 0 fully saturated rings. The number of carboxylic acids is 1. The van der Waals surface area contributed by atoms with Gasteiger partial charge in [0.05, 0.1) is 23.2 Å². The molecule has 5 aromatic heterocycles. The topological polar surface area (TPSA) is 265 Å². The molecule has 0 aromatic carbocycles. The molecule has 135 heavy (non-hydrogen) atoms. The van der Waals surface area contributed by atoms with E-state index in [1.54, 1.807) is 31.6 Å². The maximum absolute atomic E-state index is 11.3. The van der Waals surface area contributed by atoms with Crippen molar-refractivity contribution in [3.05, 3.63) is 31.6 Å². The van der Waals surface area contributed by atoms with Gasteiger partial charge >= 0.3 is 5.97 Å². The molecule has 790 valence electrons. The van der Waals surface area contributed by atoms with Crippen LogP contribution in [0.1, 0.15) is 655 Å². The minimum atomic E-state index is -0.960. The Morgan fingerprint density at radius 2 is 0.548 bits per heavy atom. The van der Waals surface area contributed by atoms with Gasteiger partial charge in [-0.15, -0.1) is 25.5 Å². The number of rotatable bonds is 93. The molecule has 0 saturated heterocycles. The third-order valence-electron chi connectivity index (χ3n) is 28.5. The van der Waals surface area contributed by atoms with Crippen molar-refractivity contribution < 1.29 is 14.6 Å². The zero-order chi connectivity index (χ0) is 98.5. The highest BCUT2D eigenvalue weighted by Gasteiger charge is 2.35. The van der Waals surface area contributed by atoms with Gasteiger partial charge in [0.1, 0.15) is 31.6 Å². The van der Waals surface area contributed by atoms with Crippen LogP contribution in [0, 0.1) is 0 Å². The van der Waals surface area contributed by atoms with Gasteiger partial charge in [-0.2, -0.15) is 0 Å². The molecule has 3 unspecified atom stereocenters. The Hall–Kier alpha value is -5.22. The Morgan fingerprint density at radius 1 is 0.281 bits per heavy atom.